The molecule has 2 rings (SSSR count). The maximum absolute atomic E-state index is 12.3. The molecule has 1 amide bonds. The lowest BCUT2D eigenvalue weighted by atomic mass is 9.96. The zero-order valence-electron chi connectivity index (χ0n) is 14.5. The van der Waals surface area contributed by atoms with Crippen LogP contribution in [0.2, 0.25) is 0 Å². The van der Waals surface area contributed by atoms with E-state index >= 15 is 0 Å². The van der Waals surface area contributed by atoms with Gasteiger partial charge in [0.2, 0.25) is 5.91 Å². The summed E-state index contributed by atoms with van der Waals surface area (Å²) in [6.07, 6.45) is 1.60. The second-order valence-electron chi connectivity index (χ2n) is 6.31. The third-order valence-corrected chi connectivity index (χ3v) is 4.36. The molecule has 0 aliphatic rings. The highest BCUT2D eigenvalue weighted by Crippen LogP contribution is 2.22. The van der Waals surface area contributed by atoms with Crippen LogP contribution in [-0.4, -0.2) is 17.0 Å². The van der Waals surface area contributed by atoms with Crippen LogP contribution in [0, 0.1) is 0 Å². The zero-order chi connectivity index (χ0) is 18.1. The molecule has 2 unspecified atom stereocenters. The highest BCUT2D eigenvalue weighted by molar-refractivity contribution is 5.76. The first-order valence-electron chi connectivity index (χ1n) is 8.67. The molecule has 0 radical (unpaired) electrons. The van der Waals surface area contributed by atoms with Crippen molar-refractivity contribution in [3.63, 3.8) is 0 Å². The van der Waals surface area contributed by atoms with Crippen LogP contribution in [0.15, 0.2) is 60.7 Å². The van der Waals surface area contributed by atoms with Gasteiger partial charge in [-0.2, -0.15) is 0 Å². The average molecular weight is 339 g/mol. The van der Waals surface area contributed by atoms with E-state index in [0.717, 1.165) is 12.0 Å². The molecule has 4 nitrogen and oxygen atoms in total. The van der Waals surface area contributed by atoms with Gasteiger partial charge in [-0.3, -0.25) is 9.59 Å². The van der Waals surface area contributed by atoms with E-state index in [-0.39, 0.29) is 18.4 Å². The van der Waals surface area contributed by atoms with Crippen molar-refractivity contribution < 1.29 is 14.7 Å². The summed E-state index contributed by atoms with van der Waals surface area (Å²) < 4.78 is 0. The number of benzene rings is 2. The minimum Gasteiger partial charge on any atom is -0.481 e. The fourth-order valence-corrected chi connectivity index (χ4v) is 2.84. The average Bonchev–Trinajstić information content (AvgIpc) is 2.64. The van der Waals surface area contributed by atoms with Crippen molar-refractivity contribution in [2.24, 2.45) is 0 Å². The predicted octanol–water partition coefficient (Wildman–Crippen LogP) is 4.29. The Kier molecular flexibility index (Phi) is 7.20. The summed E-state index contributed by atoms with van der Waals surface area (Å²) in [5.41, 5.74) is 2.16. The lowest BCUT2D eigenvalue weighted by Gasteiger charge is -2.19. The number of aliphatic carboxylic acids is 1. The predicted molar refractivity (Wildman–Crippen MR) is 98.3 cm³/mol. The molecule has 2 aromatic carbocycles. The lowest BCUT2D eigenvalue weighted by Crippen LogP contribution is -2.29. The molecule has 0 aliphatic carbocycles. The molecule has 0 aromatic heterocycles. The second-order valence-corrected chi connectivity index (χ2v) is 6.31. The van der Waals surface area contributed by atoms with Crippen LogP contribution in [0.25, 0.3) is 0 Å². The lowest BCUT2D eigenvalue weighted by molar-refractivity contribution is -0.137. The van der Waals surface area contributed by atoms with Crippen LogP contribution in [0.1, 0.15) is 55.7 Å². The smallest absolute Gasteiger partial charge is 0.303 e. The molecule has 0 heterocycles. The number of hydrogen-bond acceptors (Lipinski definition) is 2. The largest absolute Gasteiger partial charge is 0.481 e. The SMILES string of the molecule is CC(CCC(=O)NC(CCC(=O)O)c1ccccc1)c1ccccc1. The molecular weight excluding hydrogens is 314 g/mol. The van der Waals surface area contributed by atoms with Gasteiger partial charge in [-0.15, -0.1) is 0 Å². The third-order valence-electron chi connectivity index (χ3n) is 4.36. The van der Waals surface area contributed by atoms with Gasteiger partial charge in [0, 0.05) is 12.8 Å². The monoisotopic (exact) mass is 339 g/mol. The third kappa shape index (κ3) is 6.42. The molecule has 25 heavy (non-hydrogen) atoms. The van der Waals surface area contributed by atoms with Gasteiger partial charge in [-0.25, -0.2) is 0 Å². The van der Waals surface area contributed by atoms with E-state index in [1.165, 1.54) is 5.56 Å². The Balaban J connectivity index is 1.91. The molecule has 2 atom stereocenters. The number of carboxylic acids is 1. The number of hydrogen-bond donors (Lipinski definition) is 2. The van der Waals surface area contributed by atoms with Crippen molar-refractivity contribution in [3.05, 3.63) is 71.8 Å². The number of rotatable bonds is 9. The van der Waals surface area contributed by atoms with Crippen molar-refractivity contribution in [3.8, 4) is 0 Å². The highest BCUT2D eigenvalue weighted by atomic mass is 16.4. The molecule has 0 fully saturated rings. The number of carbonyl (C=O) groups is 2. The Morgan fingerprint density at radius 2 is 1.44 bits per heavy atom. The Hall–Kier alpha value is -2.62. The van der Waals surface area contributed by atoms with Gasteiger partial charge in [0.05, 0.1) is 6.04 Å². The first-order chi connectivity index (χ1) is 12.1. The van der Waals surface area contributed by atoms with Gasteiger partial charge in [0.15, 0.2) is 0 Å². The number of carbonyl (C=O) groups excluding carboxylic acids is 1. The quantitative estimate of drug-likeness (QED) is 0.716. The Bertz CT molecular complexity index is 670. The van der Waals surface area contributed by atoms with E-state index in [9.17, 15) is 9.59 Å². The summed E-state index contributed by atoms with van der Waals surface area (Å²) in [5.74, 6) is -0.587. The van der Waals surface area contributed by atoms with E-state index < -0.39 is 5.97 Å². The summed E-state index contributed by atoms with van der Waals surface area (Å²) in [6, 6.07) is 19.4. The normalized spacial score (nSPS) is 13.0. The highest BCUT2D eigenvalue weighted by Gasteiger charge is 2.16. The van der Waals surface area contributed by atoms with Gasteiger partial charge < -0.3 is 10.4 Å². The minimum absolute atomic E-state index is 0.0280. The molecule has 2 N–H and O–H groups in total. The first-order valence-corrected chi connectivity index (χ1v) is 8.67. The summed E-state index contributed by atoms with van der Waals surface area (Å²) in [7, 11) is 0. The Morgan fingerprint density at radius 1 is 0.880 bits per heavy atom. The van der Waals surface area contributed by atoms with Gasteiger partial charge in [-0.05, 0) is 29.9 Å². The van der Waals surface area contributed by atoms with Crippen LogP contribution in [0.5, 0.6) is 0 Å². The molecule has 4 heteroatoms. The van der Waals surface area contributed by atoms with Crippen LogP contribution in [0.3, 0.4) is 0 Å². The van der Waals surface area contributed by atoms with Crippen molar-refractivity contribution in [1.29, 1.82) is 0 Å². The van der Waals surface area contributed by atoms with Gasteiger partial charge >= 0.3 is 5.97 Å². The van der Waals surface area contributed by atoms with Crippen LogP contribution >= 0.6 is 0 Å². The van der Waals surface area contributed by atoms with Gasteiger partial charge in [0.1, 0.15) is 0 Å². The first kappa shape index (κ1) is 18.7. The molecule has 0 saturated carbocycles. The van der Waals surface area contributed by atoms with E-state index in [2.05, 4.69) is 24.4 Å². The molecule has 132 valence electrons. The number of amides is 1. The Labute approximate surface area is 148 Å². The van der Waals surface area contributed by atoms with Crippen molar-refractivity contribution >= 4 is 11.9 Å². The van der Waals surface area contributed by atoms with Crippen LogP contribution in [-0.2, 0) is 9.59 Å². The van der Waals surface area contributed by atoms with Crippen LogP contribution < -0.4 is 5.32 Å². The van der Waals surface area contributed by atoms with Gasteiger partial charge in [0.25, 0.3) is 0 Å². The van der Waals surface area contributed by atoms with E-state index in [1.54, 1.807) is 0 Å². The summed E-state index contributed by atoms with van der Waals surface area (Å²) in [6.45, 7) is 2.11. The maximum atomic E-state index is 12.3. The van der Waals surface area contributed by atoms with Crippen LogP contribution in [0.4, 0.5) is 0 Å². The fraction of sp³-hybridized carbons (Fsp3) is 0.333. The fourth-order valence-electron chi connectivity index (χ4n) is 2.84. The molecule has 0 bridgehead atoms. The molecule has 0 aliphatic heterocycles. The summed E-state index contributed by atoms with van der Waals surface area (Å²) >= 11 is 0. The topological polar surface area (TPSA) is 66.4 Å². The molecule has 0 saturated heterocycles. The van der Waals surface area contributed by atoms with E-state index in [1.807, 2.05) is 48.5 Å². The van der Waals surface area contributed by atoms with E-state index in [0.29, 0.717) is 18.8 Å². The van der Waals surface area contributed by atoms with Crippen molar-refractivity contribution in [1.82, 2.24) is 5.32 Å². The summed E-state index contributed by atoms with van der Waals surface area (Å²) in [4.78, 5) is 23.2. The number of nitrogens with one attached hydrogen (secondary N) is 1. The minimum atomic E-state index is -0.854. The second kappa shape index (κ2) is 9.62. The standard InChI is InChI=1S/C21H25NO3/c1-16(17-8-4-2-5-9-17)12-14-20(23)22-19(13-15-21(24)25)18-10-6-3-7-11-18/h2-11,16,19H,12-15H2,1H3,(H,22,23)(H,24,25). The Morgan fingerprint density at radius 3 is 2.00 bits per heavy atom. The summed E-state index contributed by atoms with van der Waals surface area (Å²) in [5, 5.41) is 11.9. The molecule has 2 aromatic rings. The van der Waals surface area contributed by atoms with Crippen molar-refractivity contribution in [2.75, 3.05) is 0 Å². The maximum Gasteiger partial charge on any atom is 0.303 e. The zero-order valence-corrected chi connectivity index (χ0v) is 14.5. The van der Waals surface area contributed by atoms with Gasteiger partial charge in [-0.1, -0.05) is 67.6 Å². The van der Waals surface area contributed by atoms with E-state index in [4.69, 9.17) is 5.11 Å². The molecular formula is C21H25NO3. The molecule has 0 spiro atoms. The number of carboxylic acid groups (broad SMARTS) is 1. The van der Waals surface area contributed by atoms with Crippen molar-refractivity contribution in [2.45, 2.75) is 44.6 Å².